The average molecular weight is 396 g/mol. The standard InChI is InChI=1S/C17H14ClNO4S2/c1-2-22-13-7-10(6-12(18)15(13)20)8-14-16(21)19(17(24)25-14)9-11-4-3-5-23-11/h3-8,20H,2,9H2,1H3/b14-8-. The third-order valence-corrected chi connectivity index (χ3v) is 5.08. The summed E-state index contributed by atoms with van der Waals surface area (Å²) in [7, 11) is 0. The minimum atomic E-state index is -0.200. The highest BCUT2D eigenvalue weighted by molar-refractivity contribution is 8.26. The van der Waals surface area contributed by atoms with Crippen LogP contribution in [0.25, 0.3) is 6.08 Å². The average Bonchev–Trinajstić information content (AvgIpc) is 3.17. The van der Waals surface area contributed by atoms with E-state index in [1.165, 1.54) is 16.7 Å². The van der Waals surface area contributed by atoms with Crippen LogP contribution in [0.5, 0.6) is 11.5 Å². The largest absolute Gasteiger partial charge is 0.503 e. The van der Waals surface area contributed by atoms with Gasteiger partial charge in [0, 0.05) is 0 Å². The lowest BCUT2D eigenvalue weighted by Crippen LogP contribution is -2.27. The summed E-state index contributed by atoms with van der Waals surface area (Å²) in [6.07, 6.45) is 3.23. The van der Waals surface area contributed by atoms with Crippen molar-refractivity contribution in [3.8, 4) is 11.5 Å². The first-order valence-corrected chi connectivity index (χ1v) is 9.03. The summed E-state index contributed by atoms with van der Waals surface area (Å²) < 4.78 is 11.1. The van der Waals surface area contributed by atoms with Gasteiger partial charge in [-0.05, 0) is 42.8 Å². The second-order valence-corrected chi connectivity index (χ2v) is 7.21. The van der Waals surface area contributed by atoms with Crippen molar-refractivity contribution in [2.75, 3.05) is 6.61 Å². The van der Waals surface area contributed by atoms with Gasteiger partial charge in [-0.25, -0.2) is 0 Å². The fourth-order valence-electron chi connectivity index (χ4n) is 2.29. The van der Waals surface area contributed by atoms with Crippen molar-refractivity contribution in [3.63, 3.8) is 0 Å². The van der Waals surface area contributed by atoms with Gasteiger partial charge in [-0.2, -0.15) is 0 Å². The number of thiocarbonyl (C=S) groups is 1. The molecule has 1 aromatic heterocycles. The van der Waals surface area contributed by atoms with Crippen LogP contribution in [0.1, 0.15) is 18.2 Å². The van der Waals surface area contributed by atoms with E-state index in [4.69, 9.17) is 33.0 Å². The van der Waals surface area contributed by atoms with Gasteiger partial charge in [0.1, 0.15) is 10.1 Å². The number of furan rings is 1. The van der Waals surface area contributed by atoms with Gasteiger partial charge in [0.25, 0.3) is 5.91 Å². The van der Waals surface area contributed by atoms with E-state index in [0.717, 1.165) is 0 Å². The summed E-state index contributed by atoms with van der Waals surface area (Å²) in [6, 6.07) is 6.75. The first kappa shape index (κ1) is 17.8. The number of thioether (sulfide) groups is 1. The number of nitrogens with zero attached hydrogens (tertiary/aromatic N) is 1. The lowest BCUT2D eigenvalue weighted by molar-refractivity contribution is -0.122. The highest BCUT2D eigenvalue weighted by atomic mass is 35.5. The Kier molecular flexibility index (Phi) is 5.36. The van der Waals surface area contributed by atoms with Crippen LogP contribution in [-0.2, 0) is 11.3 Å². The molecule has 0 spiro atoms. The molecule has 8 heteroatoms. The Labute approximate surface area is 159 Å². The zero-order valence-electron chi connectivity index (χ0n) is 13.2. The summed E-state index contributed by atoms with van der Waals surface area (Å²) in [4.78, 5) is 14.6. The Hall–Kier alpha value is -1.96. The van der Waals surface area contributed by atoms with Crippen LogP contribution in [-0.4, -0.2) is 26.8 Å². The highest BCUT2D eigenvalue weighted by Crippen LogP contribution is 2.38. The van der Waals surface area contributed by atoms with Gasteiger partial charge in [-0.15, -0.1) is 0 Å². The van der Waals surface area contributed by atoms with Crippen molar-refractivity contribution < 1.29 is 19.1 Å². The molecule has 25 heavy (non-hydrogen) atoms. The van der Waals surface area contributed by atoms with Gasteiger partial charge in [0.15, 0.2) is 11.5 Å². The smallest absolute Gasteiger partial charge is 0.266 e. The van der Waals surface area contributed by atoms with Crippen LogP contribution in [0.2, 0.25) is 5.02 Å². The molecule has 1 aliphatic rings. The predicted molar refractivity (Wildman–Crippen MR) is 102 cm³/mol. The van der Waals surface area contributed by atoms with E-state index in [1.807, 2.05) is 0 Å². The van der Waals surface area contributed by atoms with E-state index in [2.05, 4.69) is 0 Å². The normalized spacial score (nSPS) is 16.1. The van der Waals surface area contributed by atoms with E-state index >= 15 is 0 Å². The molecule has 1 aromatic carbocycles. The first-order valence-electron chi connectivity index (χ1n) is 7.42. The van der Waals surface area contributed by atoms with Crippen molar-refractivity contribution >= 4 is 51.9 Å². The molecule has 0 saturated carbocycles. The Morgan fingerprint density at radius 3 is 2.96 bits per heavy atom. The first-order chi connectivity index (χ1) is 12.0. The molecule has 3 rings (SSSR count). The Morgan fingerprint density at radius 2 is 2.28 bits per heavy atom. The summed E-state index contributed by atoms with van der Waals surface area (Å²) in [6.45, 7) is 2.48. The number of ether oxygens (including phenoxy) is 1. The molecule has 0 aliphatic carbocycles. The molecular formula is C17H14ClNO4S2. The van der Waals surface area contributed by atoms with Crippen LogP contribution < -0.4 is 4.74 Å². The van der Waals surface area contributed by atoms with Crippen molar-refractivity contribution in [1.29, 1.82) is 0 Å². The molecule has 1 N–H and O–H groups in total. The summed E-state index contributed by atoms with van der Waals surface area (Å²) in [5.74, 6) is 0.607. The van der Waals surface area contributed by atoms with Crippen molar-refractivity contribution in [3.05, 3.63) is 51.8 Å². The number of hydrogen-bond acceptors (Lipinski definition) is 6. The molecule has 0 unspecified atom stereocenters. The maximum Gasteiger partial charge on any atom is 0.266 e. The van der Waals surface area contributed by atoms with Gasteiger partial charge in [-0.3, -0.25) is 9.69 Å². The third kappa shape index (κ3) is 3.84. The minimum absolute atomic E-state index is 0.119. The van der Waals surface area contributed by atoms with E-state index in [9.17, 15) is 9.90 Å². The Bertz CT molecular complexity index is 849. The number of hydrogen-bond donors (Lipinski definition) is 1. The Morgan fingerprint density at radius 1 is 1.48 bits per heavy atom. The molecular weight excluding hydrogens is 382 g/mol. The molecule has 130 valence electrons. The second-order valence-electron chi connectivity index (χ2n) is 5.13. The lowest BCUT2D eigenvalue weighted by atomic mass is 10.2. The van der Waals surface area contributed by atoms with Gasteiger partial charge >= 0.3 is 0 Å². The molecule has 0 atom stereocenters. The maximum atomic E-state index is 12.6. The van der Waals surface area contributed by atoms with Gasteiger partial charge < -0.3 is 14.3 Å². The number of carbonyl (C=O) groups excluding carboxylic acids is 1. The topological polar surface area (TPSA) is 62.9 Å². The van der Waals surface area contributed by atoms with Gasteiger partial charge in [-0.1, -0.05) is 35.6 Å². The van der Waals surface area contributed by atoms with E-state index in [1.54, 1.807) is 43.5 Å². The highest BCUT2D eigenvalue weighted by Gasteiger charge is 2.32. The lowest BCUT2D eigenvalue weighted by Gasteiger charge is -2.12. The second kappa shape index (κ2) is 7.51. The third-order valence-electron chi connectivity index (χ3n) is 3.42. The number of rotatable bonds is 5. The summed E-state index contributed by atoms with van der Waals surface area (Å²) >= 11 is 12.5. The number of carbonyl (C=O) groups is 1. The van der Waals surface area contributed by atoms with Gasteiger partial charge in [0.05, 0.1) is 29.3 Å². The SMILES string of the molecule is CCOc1cc(/C=C2\SC(=S)N(Cc3ccco3)C2=O)cc(Cl)c1O. The number of phenolic OH excluding ortho intramolecular Hbond substituents is 1. The summed E-state index contributed by atoms with van der Waals surface area (Å²) in [5, 5.41) is 10.1. The zero-order chi connectivity index (χ0) is 18.0. The Balaban J connectivity index is 1.87. The summed E-state index contributed by atoms with van der Waals surface area (Å²) in [5.41, 5.74) is 0.643. The molecule has 1 aliphatic heterocycles. The molecule has 0 radical (unpaired) electrons. The van der Waals surface area contributed by atoms with Crippen LogP contribution in [0.15, 0.2) is 39.9 Å². The quantitative estimate of drug-likeness (QED) is 0.596. The molecule has 1 fully saturated rings. The van der Waals surface area contributed by atoms with Crippen LogP contribution in [0.3, 0.4) is 0 Å². The van der Waals surface area contributed by atoms with E-state index in [-0.39, 0.29) is 29.0 Å². The van der Waals surface area contributed by atoms with Crippen LogP contribution in [0, 0.1) is 0 Å². The minimum Gasteiger partial charge on any atom is -0.503 e. The maximum absolute atomic E-state index is 12.6. The van der Waals surface area contributed by atoms with Crippen molar-refractivity contribution in [2.45, 2.75) is 13.5 Å². The van der Waals surface area contributed by atoms with Gasteiger partial charge in [0.2, 0.25) is 0 Å². The fourth-order valence-corrected chi connectivity index (χ4v) is 3.76. The predicted octanol–water partition coefficient (Wildman–Crippen LogP) is 4.44. The number of phenols is 1. The molecule has 1 amide bonds. The monoisotopic (exact) mass is 395 g/mol. The molecule has 0 bridgehead atoms. The molecule has 1 saturated heterocycles. The number of halogens is 1. The number of amides is 1. The van der Waals surface area contributed by atoms with Crippen LogP contribution >= 0.6 is 35.6 Å². The molecule has 2 aromatic rings. The fraction of sp³-hybridized carbons (Fsp3) is 0.176. The number of benzene rings is 1. The number of aromatic hydroxyl groups is 1. The van der Waals surface area contributed by atoms with Crippen molar-refractivity contribution in [2.24, 2.45) is 0 Å². The molecule has 5 nitrogen and oxygen atoms in total. The zero-order valence-corrected chi connectivity index (χ0v) is 15.6. The van der Waals surface area contributed by atoms with E-state index in [0.29, 0.717) is 27.2 Å². The van der Waals surface area contributed by atoms with E-state index < -0.39 is 0 Å². The van der Waals surface area contributed by atoms with Crippen LogP contribution in [0.4, 0.5) is 0 Å². The van der Waals surface area contributed by atoms with Crippen molar-refractivity contribution in [1.82, 2.24) is 4.90 Å². The molecule has 2 heterocycles.